The van der Waals surface area contributed by atoms with Crippen molar-refractivity contribution >= 4 is 49.4 Å². The summed E-state index contributed by atoms with van der Waals surface area (Å²) in [6.07, 6.45) is 0. The van der Waals surface area contributed by atoms with E-state index in [1.165, 1.54) is 105 Å². The first kappa shape index (κ1) is 45.6. The normalized spacial score (nSPS) is 12.0. The lowest BCUT2D eigenvalue weighted by Gasteiger charge is -2.30. The molecule has 12 aromatic carbocycles. The van der Waals surface area contributed by atoms with Crippen molar-refractivity contribution in [2.45, 2.75) is 52.4 Å². The van der Waals surface area contributed by atoms with Gasteiger partial charge in [-0.15, -0.1) is 0 Å². The van der Waals surface area contributed by atoms with Crippen molar-refractivity contribution in [1.82, 2.24) is 0 Å². The number of hydrogen-bond donors (Lipinski definition) is 0. The molecule has 0 aliphatic heterocycles. The van der Waals surface area contributed by atoms with Crippen LogP contribution in [0, 0.1) is 0 Å². The van der Waals surface area contributed by atoms with E-state index in [-0.39, 0.29) is 10.8 Å². The molecular weight excluding hydrogens is 879 g/mol. The highest BCUT2D eigenvalue weighted by Gasteiger charge is 2.30. The fourth-order valence-electron chi connectivity index (χ4n) is 11.3. The number of para-hydroxylation sites is 1. The summed E-state index contributed by atoms with van der Waals surface area (Å²) >= 11 is 0. The maximum atomic E-state index is 2.44. The van der Waals surface area contributed by atoms with Crippen molar-refractivity contribution in [2.75, 3.05) is 4.90 Å². The average molecular weight is 938 g/mol. The summed E-state index contributed by atoms with van der Waals surface area (Å²) in [5.41, 5.74) is 20.2. The molecule has 0 aromatic heterocycles. The van der Waals surface area contributed by atoms with E-state index in [0.717, 1.165) is 22.6 Å². The van der Waals surface area contributed by atoms with Crippen LogP contribution in [0.1, 0.15) is 52.7 Å². The summed E-state index contributed by atoms with van der Waals surface area (Å²) in [5.74, 6) is 0. The minimum absolute atomic E-state index is 0.000535. The fourth-order valence-corrected chi connectivity index (χ4v) is 11.3. The molecule has 1 nitrogen and oxygen atoms in total. The Kier molecular flexibility index (Phi) is 11.4. The largest absolute Gasteiger partial charge is 0.310 e. The van der Waals surface area contributed by atoms with Crippen LogP contribution in [-0.2, 0) is 10.8 Å². The summed E-state index contributed by atoms with van der Waals surface area (Å²) in [6.45, 7) is 13.8. The molecule has 0 radical (unpaired) electrons. The number of anilines is 3. The Morgan fingerprint density at radius 2 is 0.562 bits per heavy atom. The van der Waals surface area contributed by atoms with E-state index in [9.17, 15) is 0 Å². The summed E-state index contributed by atoms with van der Waals surface area (Å²) < 4.78 is 0. The smallest absolute Gasteiger partial charge is 0.0540 e. The zero-order chi connectivity index (χ0) is 49.8. The van der Waals surface area contributed by atoms with E-state index in [1.807, 2.05) is 0 Å². The van der Waals surface area contributed by atoms with Crippen LogP contribution in [0.25, 0.3) is 99.1 Å². The van der Waals surface area contributed by atoms with E-state index in [2.05, 4.69) is 295 Å². The third-order valence-corrected chi connectivity index (χ3v) is 14.9. The lowest BCUT2D eigenvalue weighted by atomic mass is 9.73. The van der Waals surface area contributed by atoms with Gasteiger partial charge in [-0.3, -0.25) is 0 Å². The van der Waals surface area contributed by atoms with E-state index < -0.39 is 0 Å². The Morgan fingerprint density at radius 3 is 0.959 bits per heavy atom. The molecule has 0 aliphatic rings. The second-order valence-corrected chi connectivity index (χ2v) is 21.7. The van der Waals surface area contributed by atoms with E-state index in [1.54, 1.807) is 0 Å². The minimum Gasteiger partial charge on any atom is -0.310 e. The first-order valence-electron chi connectivity index (χ1n) is 25.8. The van der Waals surface area contributed by atoms with Crippen molar-refractivity contribution in [3.05, 3.63) is 260 Å². The van der Waals surface area contributed by atoms with Gasteiger partial charge in [0.15, 0.2) is 0 Å². The molecule has 0 spiro atoms. The summed E-state index contributed by atoms with van der Waals surface area (Å²) in [6, 6.07) is 92.8. The monoisotopic (exact) mass is 937 g/mol. The molecule has 0 N–H and O–H groups in total. The molecule has 0 fully saturated rings. The van der Waals surface area contributed by atoms with Crippen LogP contribution in [0.3, 0.4) is 0 Å². The fraction of sp³-hybridized carbons (Fsp3) is 0.111. The summed E-state index contributed by atoms with van der Waals surface area (Å²) in [4.78, 5) is 2.44. The highest BCUT2D eigenvalue weighted by molar-refractivity contribution is 6.26. The Hall–Kier alpha value is -8.52. The van der Waals surface area contributed by atoms with Gasteiger partial charge in [-0.25, -0.2) is 0 Å². The van der Waals surface area contributed by atoms with Crippen molar-refractivity contribution in [3.63, 3.8) is 0 Å². The van der Waals surface area contributed by atoms with Crippen LogP contribution in [0.2, 0.25) is 0 Å². The third kappa shape index (κ3) is 8.26. The highest BCUT2D eigenvalue weighted by Crippen LogP contribution is 2.56. The van der Waals surface area contributed by atoms with Crippen LogP contribution in [-0.4, -0.2) is 0 Å². The van der Waals surface area contributed by atoms with E-state index >= 15 is 0 Å². The quantitative estimate of drug-likeness (QED) is 0.130. The number of hydrogen-bond acceptors (Lipinski definition) is 1. The zero-order valence-electron chi connectivity index (χ0n) is 42.6. The van der Waals surface area contributed by atoms with E-state index in [4.69, 9.17) is 0 Å². The van der Waals surface area contributed by atoms with E-state index in [0.29, 0.717) is 0 Å². The zero-order valence-corrected chi connectivity index (χ0v) is 42.6. The van der Waals surface area contributed by atoms with Gasteiger partial charge in [-0.2, -0.15) is 0 Å². The Labute approximate surface area is 431 Å². The minimum atomic E-state index is -0.00768. The van der Waals surface area contributed by atoms with Gasteiger partial charge in [0, 0.05) is 16.8 Å². The second kappa shape index (κ2) is 18.3. The molecular formula is C72H59N. The Balaban J connectivity index is 1.19. The molecule has 0 saturated carbocycles. The molecule has 73 heavy (non-hydrogen) atoms. The Bertz CT molecular complexity index is 3880. The van der Waals surface area contributed by atoms with Crippen LogP contribution >= 0.6 is 0 Å². The average Bonchev–Trinajstić information content (AvgIpc) is 3.43. The molecule has 0 aliphatic carbocycles. The van der Waals surface area contributed by atoms with Gasteiger partial charge in [-0.1, -0.05) is 260 Å². The standard InChI is InChI=1S/C72H59N/c1-71(2,3)57-40-32-54(33-41-57)68-65(48-20-11-7-12-21-48)66(49-22-13-8-14-23-49)69(55-34-42-58(43-35-55)72(4,5)6)70(67(68)50-24-15-9-16-25-50)56-36-44-60(45-37-56)73(59-28-17-10-18-29-59)62-47-39-53-31-30-51-26-19-27-52-38-46-61(62)64(53)63(51)52/h7-47H,1-6H3. The van der Waals surface area contributed by atoms with Gasteiger partial charge in [0.1, 0.15) is 0 Å². The predicted octanol–water partition coefficient (Wildman–Crippen LogP) is 20.7. The van der Waals surface area contributed by atoms with Gasteiger partial charge in [0.2, 0.25) is 0 Å². The maximum Gasteiger partial charge on any atom is 0.0540 e. The van der Waals surface area contributed by atoms with Crippen molar-refractivity contribution in [3.8, 4) is 66.8 Å². The van der Waals surface area contributed by atoms with Crippen LogP contribution in [0.4, 0.5) is 17.1 Å². The molecule has 0 saturated heterocycles. The molecule has 12 aromatic rings. The van der Waals surface area contributed by atoms with Gasteiger partial charge >= 0.3 is 0 Å². The number of rotatable bonds is 9. The molecule has 0 unspecified atom stereocenters. The molecule has 352 valence electrons. The van der Waals surface area contributed by atoms with Gasteiger partial charge in [0.25, 0.3) is 0 Å². The summed E-state index contributed by atoms with van der Waals surface area (Å²) in [7, 11) is 0. The second-order valence-electron chi connectivity index (χ2n) is 21.7. The number of benzene rings is 12. The molecule has 0 amide bonds. The van der Waals surface area contributed by atoms with Crippen molar-refractivity contribution < 1.29 is 0 Å². The third-order valence-electron chi connectivity index (χ3n) is 14.9. The van der Waals surface area contributed by atoms with Crippen LogP contribution < -0.4 is 4.90 Å². The predicted molar refractivity (Wildman–Crippen MR) is 315 cm³/mol. The molecule has 0 bridgehead atoms. The molecule has 1 heteroatoms. The topological polar surface area (TPSA) is 3.24 Å². The highest BCUT2D eigenvalue weighted by atomic mass is 15.1. The SMILES string of the molecule is CC(C)(C)c1ccc(-c2c(-c3ccccc3)c(-c3ccccc3)c(-c3ccc(C(C)(C)C)cc3)c(-c3ccc(N(c4ccccc4)c4ccc5ccc6cccc7ccc4c5c67)cc3)c2-c2ccccc2)cc1. The summed E-state index contributed by atoms with van der Waals surface area (Å²) in [5, 5.41) is 7.62. The van der Waals surface area contributed by atoms with Crippen molar-refractivity contribution in [2.24, 2.45) is 0 Å². The van der Waals surface area contributed by atoms with Gasteiger partial charge in [0.05, 0.1) is 5.69 Å². The van der Waals surface area contributed by atoms with Gasteiger partial charge < -0.3 is 4.90 Å². The number of nitrogens with zero attached hydrogens (tertiary/aromatic N) is 1. The first-order valence-corrected chi connectivity index (χ1v) is 25.8. The van der Waals surface area contributed by atoms with Crippen molar-refractivity contribution in [1.29, 1.82) is 0 Å². The molecule has 0 heterocycles. The lowest BCUT2D eigenvalue weighted by molar-refractivity contribution is 0.590. The Morgan fingerprint density at radius 1 is 0.247 bits per heavy atom. The van der Waals surface area contributed by atoms with Gasteiger partial charge in [-0.05, 0) is 146 Å². The maximum absolute atomic E-state index is 2.44. The van der Waals surface area contributed by atoms with Crippen LogP contribution in [0.15, 0.2) is 249 Å². The first-order chi connectivity index (χ1) is 35.5. The van der Waals surface area contributed by atoms with Crippen LogP contribution in [0.5, 0.6) is 0 Å². The molecule has 12 rings (SSSR count). The molecule has 0 atom stereocenters. The lowest BCUT2D eigenvalue weighted by Crippen LogP contribution is -2.11.